The number of anilines is 1. The van der Waals surface area contributed by atoms with Gasteiger partial charge in [0.2, 0.25) is 0 Å². The Kier molecular flexibility index (Phi) is 4.30. The standard InChI is InChI=1S/C20H18N2/c21-20-9-5-4-8-19(20)15-22-14-16-10-12-18(13-11-16)17-6-2-1-3-7-17/h1-14H,15,21H2. The summed E-state index contributed by atoms with van der Waals surface area (Å²) in [5.41, 5.74) is 11.3. The molecule has 0 saturated carbocycles. The molecular weight excluding hydrogens is 268 g/mol. The van der Waals surface area contributed by atoms with E-state index in [2.05, 4.69) is 53.5 Å². The molecule has 108 valence electrons. The normalized spacial score (nSPS) is 10.9. The van der Waals surface area contributed by atoms with E-state index in [0.29, 0.717) is 6.54 Å². The van der Waals surface area contributed by atoms with Gasteiger partial charge in [-0.3, -0.25) is 4.99 Å². The lowest BCUT2D eigenvalue weighted by atomic mass is 10.0. The molecule has 0 spiro atoms. The number of aliphatic imine (C=N–C) groups is 1. The summed E-state index contributed by atoms with van der Waals surface area (Å²) in [6.07, 6.45) is 1.89. The fourth-order valence-corrected chi connectivity index (χ4v) is 2.32. The zero-order valence-electron chi connectivity index (χ0n) is 12.3. The maximum Gasteiger partial charge on any atom is 0.0660 e. The number of benzene rings is 3. The zero-order valence-corrected chi connectivity index (χ0v) is 12.3. The molecule has 0 radical (unpaired) electrons. The van der Waals surface area contributed by atoms with E-state index in [1.165, 1.54) is 11.1 Å². The average molecular weight is 286 g/mol. The van der Waals surface area contributed by atoms with Gasteiger partial charge in [0, 0.05) is 11.9 Å². The van der Waals surface area contributed by atoms with Crippen LogP contribution in [0.15, 0.2) is 83.9 Å². The first kappa shape index (κ1) is 14.1. The highest BCUT2D eigenvalue weighted by atomic mass is 14.7. The second-order valence-corrected chi connectivity index (χ2v) is 5.16. The number of nitrogen functional groups attached to an aromatic ring is 1. The number of para-hydroxylation sites is 1. The second-order valence-electron chi connectivity index (χ2n) is 5.16. The van der Waals surface area contributed by atoms with E-state index >= 15 is 0 Å². The van der Waals surface area contributed by atoms with Crippen molar-refractivity contribution in [3.8, 4) is 11.1 Å². The van der Waals surface area contributed by atoms with Gasteiger partial charge in [0.1, 0.15) is 0 Å². The third-order valence-electron chi connectivity index (χ3n) is 3.57. The topological polar surface area (TPSA) is 38.4 Å². The Bertz CT molecular complexity index is 759. The fourth-order valence-electron chi connectivity index (χ4n) is 2.32. The lowest BCUT2D eigenvalue weighted by Gasteiger charge is -2.02. The van der Waals surface area contributed by atoms with Crippen LogP contribution in [0.2, 0.25) is 0 Å². The summed E-state index contributed by atoms with van der Waals surface area (Å²) in [4.78, 5) is 4.47. The summed E-state index contributed by atoms with van der Waals surface area (Å²) in [6, 6.07) is 26.6. The van der Waals surface area contributed by atoms with Gasteiger partial charge < -0.3 is 5.73 Å². The summed E-state index contributed by atoms with van der Waals surface area (Å²) < 4.78 is 0. The van der Waals surface area contributed by atoms with E-state index in [1.54, 1.807) is 0 Å². The monoisotopic (exact) mass is 286 g/mol. The largest absolute Gasteiger partial charge is 0.398 e. The van der Waals surface area contributed by atoms with Crippen LogP contribution in [-0.4, -0.2) is 6.21 Å². The first-order chi connectivity index (χ1) is 10.8. The van der Waals surface area contributed by atoms with Gasteiger partial charge >= 0.3 is 0 Å². The van der Waals surface area contributed by atoms with E-state index < -0.39 is 0 Å². The molecule has 0 aliphatic carbocycles. The molecule has 2 heteroatoms. The van der Waals surface area contributed by atoms with Crippen molar-refractivity contribution >= 4 is 11.9 Å². The molecule has 0 bridgehead atoms. The summed E-state index contributed by atoms with van der Waals surface area (Å²) in [5, 5.41) is 0. The van der Waals surface area contributed by atoms with Crippen molar-refractivity contribution in [1.29, 1.82) is 0 Å². The number of nitrogens with two attached hydrogens (primary N) is 1. The van der Waals surface area contributed by atoms with Crippen LogP contribution in [0.25, 0.3) is 11.1 Å². The van der Waals surface area contributed by atoms with Crippen LogP contribution in [-0.2, 0) is 6.54 Å². The Morgan fingerprint density at radius 2 is 1.36 bits per heavy atom. The molecule has 3 aromatic carbocycles. The second kappa shape index (κ2) is 6.72. The highest BCUT2D eigenvalue weighted by molar-refractivity contribution is 5.81. The van der Waals surface area contributed by atoms with Crippen molar-refractivity contribution < 1.29 is 0 Å². The summed E-state index contributed by atoms with van der Waals surface area (Å²) in [5.74, 6) is 0. The molecule has 22 heavy (non-hydrogen) atoms. The predicted molar refractivity (Wildman–Crippen MR) is 94.0 cm³/mol. The van der Waals surface area contributed by atoms with Crippen LogP contribution in [0.5, 0.6) is 0 Å². The highest BCUT2D eigenvalue weighted by Gasteiger charge is 1.97. The minimum absolute atomic E-state index is 0.604. The zero-order chi connectivity index (χ0) is 15.2. The van der Waals surface area contributed by atoms with Crippen LogP contribution in [0.1, 0.15) is 11.1 Å². The summed E-state index contributed by atoms with van der Waals surface area (Å²) in [7, 11) is 0. The van der Waals surface area contributed by atoms with Gasteiger partial charge in [-0.2, -0.15) is 0 Å². The first-order valence-electron chi connectivity index (χ1n) is 7.31. The maximum atomic E-state index is 5.91. The lowest BCUT2D eigenvalue weighted by Crippen LogP contribution is -1.92. The molecular formula is C20H18N2. The molecule has 0 fully saturated rings. The molecule has 0 atom stereocenters. The average Bonchev–Trinajstić information content (AvgIpc) is 2.58. The number of hydrogen-bond donors (Lipinski definition) is 1. The third kappa shape index (κ3) is 3.41. The Balaban J connectivity index is 1.69. The molecule has 0 unspecified atom stereocenters. The summed E-state index contributed by atoms with van der Waals surface area (Å²) >= 11 is 0. The van der Waals surface area contributed by atoms with Crippen LogP contribution in [0.4, 0.5) is 5.69 Å². The first-order valence-corrected chi connectivity index (χ1v) is 7.31. The van der Waals surface area contributed by atoms with Crippen molar-refractivity contribution in [2.24, 2.45) is 4.99 Å². The number of nitrogens with zero attached hydrogens (tertiary/aromatic N) is 1. The Labute approximate surface area is 131 Å². The minimum atomic E-state index is 0.604. The molecule has 3 aromatic rings. The Morgan fingerprint density at radius 3 is 2.09 bits per heavy atom. The molecule has 0 aromatic heterocycles. The molecule has 2 N–H and O–H groups in total. The SMILES string of the molecule is Nc1ccccc1CN=Cc1ccc(-c2ccccc2)cc1. The fraction of sp³-hybridized carbons (Fsp3) is 0.0500. The molecule has 3 rings (SSSR count). The van der Waals surface area contributed by atoms with Gasteiger partial charge in [-0.1, -0.05) is 72.8 Å². The van der Waals surface area contributed by atoms with Gasteiger partial charge in [0.25, 0.3) is 0 Å². The van der Waals surface area contributed by atoms with Gasteiger partial charge in [0.15, 0.2) is 0 Å². The molecule has 0 amide bonds. The van der Waals surface area contributed by atoms with E-state index in [-0.39, 0.29) is 0 Å². The highest BCUT2D eigenvalue weighted by Crippen LogP contribution is 2.18. The van der Waals surface area contributed by atoms with Gasteiger partial charge in [-0.15, -0.1) is 0 Å². The van der Waals surface area contributed by atoms with E-state index in [1.807, 2.05) is 36.5 Å². The Morgan fingerprint density at radius 1 is 0.727 bits per heavy atom. The van der Waals surface area contributed by atoms with Gasteiger partial charge in [-0.25, -0.2) is 0 Å². The molecule has 0 heterocycles. The summed E-state index contributed by atoms with van der Waals surface area (Å²) in [6.45, 7) is 0.604. The quantitative estimate of drug-likeness (QED) is 0.554. The van der Waals surface area contributed by atoms with E-state index in [0.717, 1.165) is 16.8 Å². The third-order valence-corrected chi connectivity index (χ3v) is 3.57. The van der Waals surface area contributed by atoms with Crippen molar-refractivity contribution in [3.05, 3.63) is 90.0 Å². The van der Waals surface area contributed by atoms with Crippen molar-refractivity contribution in [2.45, 2.75) is 6.54 Å². The smallest absolute Gasteiger partial charge is 0.0660 e. The van der Waals surface area contributed by atoms with Gasteiger partial charge in [0.05, 0.1) is 6.54 Å². The maximum absolute atomic E-state index is 5.91. The predicted octanol–water partition coefficient (Wildman–Crippen LogP) is 4.55. The molecule has 0 aliphatic heterocycles. The van der Waals surface area contributed by atoms with Crippen molar-refractivity contribution in [1.82, 2.24) is 0 Å². The van der Waals surface area contributed by atoms with E-state index in [4.69, 9.17) is 5.73 Å². The molecule has 2 nitrogen and oxygen atoms in total. The Hall–Kier alpha value is -2.87. The van der Waals surface area contributed by atoms with Crippen LogP contribution < -0.4 is 5.73 Å². The van der Waals surface area contributed by atoms with Gasteiger partial charge in [-0.05, 0) is 28.3 Å². The van der Waals surface area contributed by atoms with Crippen molar-refractivity contribution in [3.63, 3.8) is 0 Å². The number of rotatable bonds is 4. The molecule has 0 saturated heterocycles. The van der Waals surface area contributed by atoms with E-state index in [9.17, 15) is 0 Å². The van der Waals surface area contributed by atoms with Crippen LogP contribution in [0.3, 0.4) is 0 Å². The van der Waals surface area contributed by atoms with Crippen LogP contribution >= 0.6 is 0 Å². The lowest BCUT2D eigenvalue weighted by molar-refractivity contribution is 1.08. The number of hydrogen-bond acceptors (Lipinski definition) is 2. The van der Waals surface area contributed by atoms with Crippen molar-refractivity contribution in [2.75, 3.05) is 5.73 Å². The minimum Gasteiger partial charge on any atom is -0.398 e. The van der Waals surface area contributed by atoms with Crippen LogP contribution in [0, 0.1) is 0 Å². The molecule has 0 aliphatic rings.